The summed E-state index contributed by atoms with van der Waals surface area (Å²) in [5.41, 5.74) is 0.836. The maximum Gasteiger partial charge on any atom is 0.345 e. The molecule has 0 aliphatic heterocycles. The monoisotopic (exact) mass is 196 g/mol. The van der Waals surface area contributed by atoms with Crippen LogP contribution < -0.4 is 0 Å². The van der Waals surface area contributed by atoms with E-state index in [1.807, 2.05) is 18.2 Å². The van der Waals surface area contributed by atoms with Gasteiger partial charge in [-0.05, 0) is 5.56 Å². The number of hydrogen-bond acceptors (Lipinski definition) is 2. The summed E-state index contributed by atoms with van der Waals surface area (Å²) in [6.45, 7) is 0. The lowest BCUT2D eigenvalue weighted by molar-refractivity contribution is -0.129. The standard InChI is InChI=1S/C9H8O3S/c10-9(11)8(13-12)6-7-4-2-1-3-5-7/h1-5H,6H2,(H,10,11). The molecule has 0 amide bonds. The fraction of sp³-hybridized carbons (Fsp3) is 0.111. The Labute approximate surface area is 79.1 Å². The smallest absolute Gasteiger partial charge is 0.345 e. The number of carboxylic acids is 1. The molecule has 1 rings (SSSR count). The fourth-order valence-electron chi connectivity index (χ4n) is 0.922. The van der Waals surface area contributed by atoms with Gasteiger partial charge in [-0.1, -0.05) is 30.3 Å². The van der Waals surface area contributed by atoms with Gasteiger partial charge in [-0.15, -0.1) is 0 Å². The summed E-state index contributed by atoms with van der Waals surface area (Å²) in [7, 11) is 0. The van der Waals surface area contributed by atoms with E-state index in [0.717, 1.165) is 5.56 Å². The van der Waals surface area contributed by atoms with E-state index >= 15 is 0 Å². The minimum Gasteiger partial charge on any atom is -0.477 e. The second kappa shape index (κ2) is 4.57. The molecular formula is C9H8O3S. The summed E-state index contributed by atoms with van der Waals surface area (Å²) in [5.74, 6) is -1.14. The van der Waals surface area contributed by atoms with E-state index in [4.69, 9.17) is 5.11 Å². The summed E-state index contributed by atoms with van der Waals surface area (Å²) in [4.78, 5) is 10.4. The molecule has 0 saturated heterocycles. The first-order chi connectivity index (χ1) is 6.24. The molecule has 0 aromatic heterocycles. The van der Waals surface area contributed by atoms with Crippen LogP contribution in [0.2, 0.25) is 0 Å². The molecule has 13 heavy (non-hydrogen) atoms. The third-order valence-corrected chi connectivity index (χ3v) is 2.07. The summed E-state index contributed by atoms with van der Waals surface area (Å²) in [5, 5.41) is 8.58. The van der Waals surface area contributed by atoms with E-state index in [1.165, 1.54) is 0 Å². The van der Waals surface area contributed by atoms with Crippen molar-refractivity contribution in [3.05, 3.63) is 35.9 Å². The predicted octanol–water partition coefficient (Wildman–Crippen LogP) is 0.699. The van der Waals surface area contributed by atoms with Gasteiger partial charge in [-0.25, -0.2) is 9.00 Å². The predicted molar refractivity (Wildman–Crippen MR) is 50.9 cm³/mol. The largest absolute Gasteiger partial charge is 0.477 e. The highest BCUT2D eigenvalue weighted by atomic mass is 32.1. The molecule has 1 aromatic rings. The average molecular weight is 196 g/mol. The molecule has 0 aliphatic carbocycles. The van der Waals surface area contributed by atoms with Crippen LogP contribution in [0.4, 0.5) is 0 Å². The van der Waals surface area contributed by atoms with Gasteiger partial charge in [0.2, 0.25) is 0 Å². The van der Waals surface area contributed by atoms with E-state index < -0.39 is 5.97 Å². The maximum absolute atomic E-state index is 10.5. The molecule has 1 aromatic carbocycles. The quantitative estimate of drug-likeness (QED) is 0.724. The minimum atomic E-state index is -1.14. The third-order valence-electron chi connectivity index (χ3n) is 1.55. The highest BCUT2D eigenvalue weighted by Gasteiger charge is 2.08. The van der Waals surface area contributed by atoms with Gasteiger partial charge in [-0.2, -0.15) is 0 Å². The molecule has 0 heterocycles. The lowest BCUT2D eigenvalue weighted by atomic mass is 10.1. The van der Waals surface area contributed by atoms with Gasteiger partial charge in [0.25, 0.3) is 0 Å². The lowest BCUT2D eigenvalue weighted by Gasteiger charge is -1.97. The Kier molecular flexibility index (Phi) is 3.40. The molecule has 0 bridgehead atoms. The zero-order chi connectivity index (χ0) is 9.68. The first-order valence-electron chi connectivity index (χ1n) is 3.67. The Morgan fingerprint density at radius 1 is 1.31 bits per heavy atom. The van der Waals surface area contributed by atoms with Crippen LogP contribution in [0.5, 0.6) is 0 Å². The number of carboxylic acid groups (broad SMARTS) is 1. The lowest BCUT2D eigenvalue weighted by Crippen LogP contribution is -2.15. The van der Waals surface area contributed by atoms with Gasteiger partial charge >= 0.3 is 5.97 Å². The van der Waals surface area contributed by atoms with E-state index in [2.05, 4.69) is 0 Å². The van der Waals surface area contributed by atoms with Crippen molar-refractivity contribution in [1.29, 1.82) is 0 Å². The van der Waals surface area contributed by atoms with E-state index in [9.17, 15) is 9.00 Å². The van der Waals surface area contributed by atoms with Crippen LogP contribution in [-0.2, 0) is 22.5 Å². The molecule has 0 radical (unpaired) electrons. The van der Waals surface area contributed by atoms with Gasteiger partial charge in [0.05, 0.1) is 0 Å². The normalized spacial score (nSPS) is 9.23. The van der Waals surface area contributed by atoms with E-state index in [-0.39, 0.29) is 22.5 Å². The first kappa shape index (κ1) is 9.67. The molecule has 0 fully saturated rings. The number of carbonyl (C=O) groups is 1. The molecule has 0 saturated carbocycles. The molecule has 0 aliphatic rings. The molecule has 1 N–H and O–H groups in total. The number of aliphatic carboxylic acids is 1. The summed E-state index contributed by atoms with van der Waals surface area (Å²) >= 11 is 0.0400. The van der Waals surface area contributed by atoms with Crippen molar-refractivity contribution in [3.63, 3.8) is 0 Å². The third kappa shape index (κ3) is 2.83. The fourth-order valence-corrected chi connectivity index (χ4v) is 1.22. The zero-order valence-corrected chi connectivity index (χ0v) is 7.58. The van der Waals surface area contributed by atoms with Crippen LogP contribution in [0, 0.1) is 0 Å². The topological polar surface area (TPSA) is 54.4 Å². The Bertz CT molecular complexity index is 352. The van der Waals surface area contributed by atoms with Crippen molar-refractivity contribution in [3.8, 4) is 0 Å². The van der Waals surface area contributed by atoms with Crippen molar-refractivity contribution in [2.75, 3.05) is 0 Å². The SMILES string of the molecule is O=S=C(Cc1ccccc1)C(=O)O. The number of benzene rings is 1. The summed E-state index contributed by atoms with van der Waals surface area (Å²) < 4.78 is 10.4. The van der Waals surface area contributed by atoms with Crippen LogP contribution in [-0.4, -0.2) is 20.1 Å². The van der Waals surface area contributed by atoms with Crippen molar-refractivity contribution in [2.45, 2.75) is 6.42 Å². The van der Waals surface area contributed by atoms with Gasteiger partial charge in [-0.3, -0.25) is 0 Å². The average Bonchev–Trinajstić information content (AvgIpc) is 2.15. The number of rotatable bonds is 3. The Balaban J connectivity index is 2.80. The molecule has 0 spiro atoms. The molecule has 68 valence electrons. The molecule has 0 unspecified atom stereocenters. The second-order valence-electron chi connectivity index (χ2n) is 2.47. The highest BCUT2D eigenvalue weighted by molar-refractivity contribution is 7.68. The van der Waals surface area contributed by atoms with Crippen molar-refractivity contribution in [1.82, 2.24) is 0 Å². The molecule has 4 heteroatoms. The zero-order valence-electron chi connectivity index (χ0n) is 6.77. The first-order valence-corrected chi connectivity index (χ1v) is 4.41. The van der Waals surface area contributed by atoms with E-state index in [1.54, 1.807) is 12.1 Å². The van der Waals surface area contributed by atoms with Crippen LogP contribution in [0.1, 0.15) is 5.56 Å². The Hall–Kier alpha value is -1.42. The number of hydrogen-bond donors (Lipinski definition) is 1. The van der Waals surface area contributed by atoms with Crippen LogP contribution in [0.25, 0.3) is 0 Å². The van der Waals surface area contributed by atoms with Crippen LogP contribution in [0.15, 0.2) is 30.3 Å². The summed E-state index contributed by atoms with van der Waals surface area (Å²) in [6, 6.07) is 9.04. The van der Waals surface area contributed by atoms with Gasteiger partial charge in [0.1, 0.15) is 16.1 Å². The minimum absolute atomic E-state index is 0.0400. The second-order valence-corrected chi connectivity index (χ2v) is 3.13. The molecular weight excluding hydrogens is 188 g/mol. The molecule has 3 nitrogen and oxygen atoms in total. The van der Waals surface area contributed by atoms with Crippen LogP contribution in [0.3, 0.4) is 0 Å². The van der Waals surface area contributed by atoms with Gasteiger partial charge < -0.3 is 5.11 Å². The molecule has 0 atom stereocenters. The highest BCUT2D eigenvalue weighted by Crippen LogP contribution is 2.00. The van der Waals surface area contributed by atoms with Crippen molar-refractivity contribution >= 4 is 22.1 Å². The Morgan fingerprint density at radius 3 is 2.38 bits per heavy atom. The maximum atomic E-state index is 10.5. The van der Waals surface area contributed by atoms with Gasteiger partial charge in [0, 0.05) is 6.42 Å². The van der Waals surface area contributed by atoms with Gasteiger partial charge in [0.15, 0.2) is 0 Å². The van der Waals surface area contributed by atoms with Crippen LogP contribution >= 0.6 is 0 Å². The van der Waals surface area contributed by atoms with Crippen molar-refractivity contribution in [2.24, 2.45) is 0 Å². The Morgan fingerprint density at radius 2 is 1.92 bits per heavy atom. The van der Waals surface area contributed by atoms with Crippen molar-refractivity contribution < 1.29 is 14.1 Å². The van der Waals surface area contributed by atoms with E-state index in [0.29, 0.717) is 0 Å². The summed E-state index contributed by atoms with van der Waals surface area (Å²) in [6.07, 6.45) is 0.199.